The van der Waals surface area contributed by atoms with Crippen molar-refractivity contribution in [2.75, 3.05) is 40.3 Å². The summed E-state index contributed by atoms with van der Waals surface area (Å²) in [4.78, 5) is 6.73. The van der Waals surface area contributed by atoms with E-state index in [-0.39, 0.29) is 36.4 Å². The van der Waals surface area contributed by atoms with Gasteiger partial charge in [0.1, 0.15) is 5.82 Å². The van der Waals surface area contributed by atoms with Crippen LogP contribution in [0, 0.1) is 5.82 Å². The first-order valence-corrected chi connectivity index (χ1v) is 8.66. The third-order valence-electron chi connectivity index (χ3n) is 4.26. The molecule has 0 bridgehead atoms. The maximum Gasteiger partial charge on any atom is 0.191 e. The van der Waals surface area contributed by atoms with E-state index in [0.29, 0.717) is 12.1 Å². The number of hydrogen-bond acceptors (Lipinski definition) is 3. The van der Waals surface area contributed by atoms with Gasteiger partial charge in [0.15, 0.2) is 5.96 Å². The summed E-state index contributed by atoms with van der Waals surface area (Å²) in [7, 11) is 3.33. The van der Waals surface area contributed by atoms with E-state index in [9.17, 15) is 4.39 Å². The topological polar surface area (TPSA) is 48.9 Å². The molecule has 0 unspecified atom stereocenters. The van der Waals surface area contributed by atoms with Crippen LogP contribution in [0.4, 0.5) is 4.39 Å². The first-order valence-electron chi connectivity index (χ1n) is 8.66. The van der Waals surface area contributed by atoms with Crippen molar-refractivity contribution in [3.8, 4) is 0 Å². The third-order valence-corrected chi connectivity index (χ3v) is 4.26. The van der Waals surface area contributed by atoms with Gasteiger partial charge in [0, 0.05) is 39.4 Å². The fraction of sp³-hybridized carbons (Fsp3) is 0.611. The van der Waals surface area contributed by atoms with Gasteiger partial charge in [0.2, 0.25) is 0 Å². The molecule has 142 valence electrons. The van der Waals surface area contributed by atoms with Gasteiger partial charge in [-0.1, -0.05) is 12.5 Å². The van der Waals surface area contributed by atoms with E-state index in [1.165, 1.54) is 38.4 Å². The highest BCUT2D eigenvalue weighted by molar-refractivity contribution is 14.0. The van der Waals surface area contributed by atoms with Crippen LogP contribution in [0.2, 0.25) is 0 Å². The summed E-state index contributed by atoms with van der Waals surface area (Å²) < 4.78 is 18.6. The van der Waals surface area contributed by atoms with E-state index in [0.717, 1.165) is 24.6 Å². The number of nitrogens with zero attached hydrogens (tertiary/aromatic N) is 2. The molecule has 0 amide bonds. The average Bonchev–Trinajstić information content (AvgIpc) is 2.61. The molecular weight excluding hydrogens is 434 g/mol. The zero-order valence-corrected chi connectivity index (χ0v) is 17.5. The Bertz CT molecular complexity index is 536. The molecule has 25 heavy (non-hydrogen) atoms. The van der Waals surface area contributed by atoms with Gasteiger partial charge in [-0.05, 0) is 43.6 Å². The number of piperidine rings is 1. The maximum absolute atomic E-state index is 13.6. The number of likely N-dealkylation sites (tertiary alicyclic amines) is 1. The monoisotopic (exact) mass is 464 g/mol. The molecule has 1 aliphatic rings. The van der Waals surface area contributed by atoms with Crippen molar-refractivity contribution < 1.29 is 9.13 Å². The lowest BCUT2D eigenvalue weighted by Crippen LogP contribution is -2.42. The Morgan fingerprint density at radius 2 is 2.00 bits per heavy atom. The van der Waals surface area contributed by atoms with Crippen molar-refractivity contribution >= 4 is 29.9 Å². The Morgan fingerprint density at radius 1 is 1.24 bits per heavy atom. The van der Waals surface area contributed by atoms with Crippen LogP contribution in [0.25, 0.3) is 0 Å². The van der Waals surface area contributed by atoms with Crippen molar-refractivity contribution in [2.45, 2.75) is 32.4 Å². The van der Waals surface area contributed by atoms with Crippen molar-refractivity contribution in [3.63, 3.8) is 0 Å². The van der Waals surface area contributed by atoms with Gasteiger partial charge in [0.05, 0.1) is 6.61 Å². The molecule has 1 aliphatic heterocycles. The lowest BCUT2D eigenvalue weighted by atomic mass is 10.1. The summed E-state index contributed by atoms with van der Waals surface area (Å²) >= 11 is 0. The number of ether oxygens (including phenoxy) is 1. The molecule has 0 radical (unpaired) electrons. The number of rotatable bonds is 7. The molecule has 0 aliphatic carbocycles. The Kier molecular flexibility index (Phi) is 11.0. The summed E-state index contributed by atoms with van der Waals surface area (Å²) in [5.74, 6) is 0.536. The Balaban J connectivity index is 0.00000312. The molecule has 0 atom stereocenters. The molecule has 1 aromatic carbocycles. The zero-order valence-electron chi connectivity index (χ0n) is 15.2. The van der Waals surface area contributed by atoms with Crippen LogP contribution >= 0.6 is 24.0 Å². The number of halogens is 2. The number of guanidine groups is 1. The summed E-state index contributed by atoms with van der Waals surface area (Å²) in [6.45, 7) is 5.19. The van der Waals surface area contributed by atoms with E-state index in [4.69, 9.17) is 4.74 Å². The van der Waals surface area contributed by atoms with E-state index in [1.807, 2.05) is 6.07 Å². The molecule has 0 saturated carbocycles. The van der Waals surface area contributed by atoms with Crippen molar-refractivity contribution in [2.24, 2.45) is 4.99 Å². The molecule has 2 N–H and O–H groups in total. The van der Waals surface area contributed by atoms with Gasteiger partial charge in [-0.3, -0.25) is 4.99 Å². The van der Waals surface area contributed by atoms with Gasteiger partial charge in [-0.2, -0.15) is 0 Å². The van der Waals surface area contributed by atoms with Crippen LogP contribution in [0.1, 0.15) is 30.4 Å². The molecule has 1 heterocycles. The Labute approximate surface area is 167 Å². The molecule has 1 fully saturated rings. The Morgan fingerprint density at radius 3 is 2.68 bits per heavy atom. The lowest BCUT2D eigenvalue weighted by Gasteiger charge is -2.26. The van der Waals surface area contributed by atoms with Crippen molar-refractivity contribution in [1.82, 2.24) is 15.5 Å². The third kappa shape index (κ3) is 7.87. The standard InChI is InChI=1S/C18H29FN4O.HI/c1-20-18(21-8-11-23-9-4-3-5-10-23)22-13-15-6-7-17(19)16(12-15)14-24-2;/h6-7,12H,3-5,8-11,13-14H2,1-2H3,(H2,20,21,22);1H. The molecule has 5 nitrogen and oxygen atoms in total. The fourth-order valence-electron chi connectivity index (χ4n) is 2.93. The largest absolute Gasteiger partial charge is 0.380 e. The molecule has 2 rings (SSSR count). The number of methoxy groups -OCH3 is 1. The Hall–Kier alpha value is -0.930. The molecule has 7 heteroatoms. The molecule has 1 saturated heterocycles. The number of hydrogen-bond donors (Lipinski definition) is 2. The quantitative estimate of drug-likeness (QED) is 0.370. The predicted octanol–water partition coefficient (Wildman–Crippen LogP) is 2.74. The molecular formula is C18H30FIN4O. The average molecular weight is 464 g/mol. The second-order valence-corrected chi connectivity index (χ2v) is 6.11. The minimum Gasteiger partial charge on any atom is -0.380 e. The highest BCUT2D eigenvalue weighted by Crippen LogP contribution is 2.11. The van der Waals surface area contributed by atoms with Crippen LogP contribution in [0.15, 0.2) is 23.2 Å². The van der Waals surface area contributed by atoms with Gasteiger partial charge >= 0.3 is 0 Å². The van der Waals surface area contributed by atoms with E-state index in [1.54, 1.807) is 20.2 Å². The van der Waals surface area contributed by atoms with Crippen LogP contribution in [0.3, 0.4) is 0 Å². The smallest absolute Gasteiger partial charge is 0.191 e. The highest BCUT2D eigenvalue weighted by atomic mass is 127. The van der Waals surface area contributed by atoms with Crippen LogP contribution in [0.5, 0.6) is 0 Å². The second kappa shape index (κ2) is 12.4. The number of aliphatic imine (C=N–C) groups is 1. The maximum atomic E-state index is 13.6. The molecule has 0 aromatic heterocycles. The lowest BCUT2D eigenvalue weighted by molar-refractivity contribution is 0.181. The van der Waals surface area contributed by atoms with Gasteiger partial charge in [0.25, 0.3) is 0 Å². The van der Waals surface area contributed by atoms with Gasteiger partial charge < -0.3 is 20.3 Å². The van der Waals surface area contributed by atoms with Crippen molar-refractivity contribution in [3.05, 3.63) is 35.1 Å². The van der Waals surface area contributed by atoms with Crippen LogP contribution < -0.4 is 10.6 Å². The normalized spacial score (nSPS) is 15.6. The first kappa shape index (κ1) is 22.1. The summed E-state index contributed by atoms with van der Waals surface area (Å²) in [5.41, 5.74) is 1.58. The van der Waals surface area contributed by atoms with E-state index >= 15 is 0 Å². The predicted molar refractivity (Wildman–Crippen MR) is 111 cm³/mol. The highest BCUT2D eigenvalue weighted by Gasteiger charge is 2.09. The zero-order chi connectivity index (χ0) is 17.2. The first-order chi connectivity index (χ1) is 11.7. The van der Waals surface area contributed by atoms with E-state index in [2.05, 4.69) is 20.5 Å². The van der Waals surface area contributed by atoms with Crippen LogP contribution in [-0.2, 0) is 17.9 Å². The summed E-state index contributed by atoms with van der Waals surface area (Å²) in [6, 6.07) is 5.09. The summed E-state index contributed by atoms with van der Waals surface area (Å²) in [5, 5.41) is 6.61. The number of nitrogens with one attached hydrogen (secondary N) is 2. The second-order valence-electron chi connectivity index (χ2n) is 6.11. The minimum atomic E-state index is -0.232. The molecule has 1 aromatic rings. The van der Waals surface area contributed by atoms with Crippen LogP contribution in [-0.4, -0.2) is 51.2 Å². The number of benzene rings is 1. The summed E-state index contributed by atoms with van der Waals surface area (Å²) in [6.07, 6.45) is 3.97. The molecule has 0 spiro atoms. The minimum absolute atomic E-state index is 0. The van der Waals surface area contributed by atoms with Gasteiger partial charge in [-0.25, -0.2) is 4.39 Å². The SMILES string of the molecule is CN=C(NCCN1CCCCC1)NCc1ccc(F)c(COC)c1.I. The van der Waals surface area contributed by atoms with E-state index < -0.39 is 0 Å². The van der Waals surface area contributed by atoms with Gasteiger partial charge in [-0.15, -0.1) is 24.0 Å². The van der Waals surface area contributed by atoms with Crippen molar-refractivity contribution in [1.29, 1.82) is 0 Å². The fourth-order valence-corrected chi connectivity index (χ4v) is 2.93.